The molecule has 2 aromatic carbocycles. The molecule has 0 heterocycles. The lowest BCUT2D eigenvalue weighted by Gasteiger charge is -2.27. The highest BCUT2D eigenvalue weighted by Gasteiger charge is 2.45. The van der Waals surface area contributed by atoms with Crippen molar-refractivity contribution in [2.24, 2.45) is 0 Å². The lowest BCUT2D eigenvalue weighted by molar-refractivity contribution is -0.336. The van der Waals surface area contributed by atoms with Crippen molar-refractivity contribution in [2.45, 2.75) is 12.0 Å². The van der Waals surface area contributed by atoms with Gasteiger partial charge in [0.15, 0.2) is 6.10 Å². The fraction of sp³-hybridized carbons (Fsp3) is 0.125. The third kappa shape index (κ3) is 3.84. The van der Waals surface area contributed by atoms with Gasteiger partial charge in [-0.2, -0.15) is 8.78 Å². The molecule has 2 rings (SSSR count). The number of aliphatic carboxylic acids is 1. The molecule has 7 heteroatoms. The molecule has 0 fully saturated rings. The van der Waals surface area contributed by atoms with Crippen LogP contribution in [0.25, 0.3) is 0 Å². The Labute approximate surface area is 144 Å². The van der Waals surface area contributed by atoms with Crippen LogP contribution in [-0.2, 0) is 9.53 Å². The van der Waals surface area contributed by atoms with Crippen LogP contribution in [0.3, 0.4) is 0 Å². The van der Waals surface area contributed by atoms with Crippen LogP contribution in [0, 0.1) is 3.57 Å². The fourth-order valence-electron chi connectivity index (χ4n) is 1.88. The number of carboxylic acid groups (broad SMARTS) is 1. The first-order valence-corrected chi connectivity index (χ1v) is 7.51. The van der Waals surface area contributed by atoms with Gasteiger partial charge in [0, 0.05) is 3.57 Å². The first-order chi connectivity index (χ1) is 10.8. The molecule has 0 aliphatic heterocycles. The molecule has 0 spiro atoms. The van der Waals surface area contributed by atoms with Crippen molar-refractivity contribution in [1.29, 1.82) is 0 Å². The van der Waals surface area contributed by atoms with E-state index in [0.29, 0.717) is 3.57 Å². The molecule has 4 nitrogen and oxygen atoms in total. The van der Waals surface area contributed by atoms with Crippen LogP contribution in [0.2, 0.25) is 0 Å². The summed E-state index contributed by atoms with van der Waals surface area (Å²) in [4.78, 5) is 22.9. The molecule has 0 aliphatic carbocycles. The molecular weight excluding hydrogens is 421 g/mol. The number of esters is 1. The molecule has 0 aliphatic rings. The van der Waals surface area contributed by atoms with Crippen LogP contribution in [0.1, 0.15) is 22.0 Å². The van der Waals surface area contributed by atoms with Crippen molar-refractivity contribution in [1.82, 2.24) is 0 Å². The van der Waals surface area contributed by atoms with E-state index in [1.807, 2.05) is 22.6 Å². The van der Waals surface area contributed by atoms with E-state index in [2.05, 4.69) is 0 Å². The molecule has 2 aromatic rings. The largest absolute Gasteiger partial charge is 0.544 e. The average molecular weight is 431 g/mol. The lowest BCUT2D eigenvalue weighted by atomic mass is 10.0. The number of hydrogen-bond acceptors (Lipinski definition) is 4. The van der Waals surface area contributed by atoms with Gasteiger partial charge in [-0.3, -0.25) is 0 Å². The van der Waals surface area contributed by atoms with Crippen molar-refractivity contribution >= 4 is 34.5 Å². The predicted molar refractivity (Wildman–Crippen MR) is 83.7 cm³/mol. The van der Waals surface area contributed by atoms with E-state index in [0.717, 1.165) is 0 Å². The average Bonchev–Trinajstić information content (AvgIpc) is 2.53. The minimum atomic E-state index is -4.36. The van der Waals surface area contributed by atoms with E-state index in [1.54, 1.807) is 24.3 Å². The Balaban J connectivity index is 2.38. The summed E-state index contributed by atoms with van der Waals surface area (Å²) in [7, 11) is 0. The van der Waals surface area contributed by atoms with Crippen LogP contribution in [0.15, 0.2) is 54.6 Å². The SMILES string of the molecule is O=C(OC(c1ccccc1)C(F)(F)C(=O)[O-])c1ccccc1I. The van der Waals surface area contributed by atoms with Gasteiger partial charge in [-0.05, 0) is 40.3 Å². The number of halogens is 3. The van der Waals surface area contributed by atoms with E-state index in [-0.39, 0.29) is 11.1 Å². The second kappa shape index (κ2) is 7.03. The monoisotopic (exact) mass is 431 g/mol. The zero-order chi connectivity index (χ0) is 17.0. The van der Waals surface area contributed by atoms with Gasteiger partial charge in [-0.1, -0.05) is 42.5 Å². The van der Waals surface area contributed by atoms with E-state index < -0.39 is 24.0 Å². The van der Waals surface area contributed by atoms with Crippen molar-refractivity contribution in [3.63, 3.8) is 0 Å². The topological polar surface area (TPSA) is 66.4 Å². The number of benzene rings is 2. The van der Waals surface area contributed by atoms with E-state index in [1.165, 1.54) is 30.3 Å². The van der Waals surface area contributed by atoms with E-state index in [4.69, 9.17) is 4.74 Å². The summed E-state index contributed by atoms with van der Waals surface area (Å²) in [5, 5.41) is 10.8. The molecule has 1 atom stereocenters. The van der Waals surface area contributed by atoms with E-state index in [9.17, 15) is 23.5 Å². The maximum atomic E-state index is 13.9. The summed E-state index contributed by atoms with van der Waals surface area (Å²) in [6, 6.07) is 13.2. The minimum absolute atomic E-state index is 0.0724. The Morgan fingerprint density at radius 1 is 1.04 bits per heavy atom. The smallest absolute Gasteiger partial charge is 0.340 e. The second-order valence-electron chi connectivity index (χ2n) is 4.59. The van der Waals surface area contributed by atoms with Crippen molar-refractivity contribution < 1.29 is 28.2 Å². The molecule has 1 unspecified atom stereocenters. The number of carbonyl (C=O) groups excluding carboxylic acids is 2. The predicted octanol–water partition coefficient (Wildman–Crippen LogP) is 2.57. The van der Waals surface area contributed by atoms with Crippen LogP contribution in [0.5, 0.6) is 0 Å². The summed E-state index contributed by atoms with van der Waals surface area (Å²) in [6.45, 7) is 0. The standard InChI is InChI=1S/C16H11F2IO4/c17-16(18,15(21)22)13(10-6-2-1-3-7-10)23-14(20)11-8-4-5-9-12(11)19/h1-9,13H,(H,21,22)/p-1. The molecule has 0 amide bonds. The van der Waals surface area contributed by atoms with Gasteiger partial charge >= 0.3 is 11.9 Å². The van der Waals surface area contributed by atoms with Crippen LogP contribution < -0.4 is 5.11 Å². The van der Waals surface area contributed by atoms with Gasteiger partial charge in [-0.15, -0.1) is 0 Å². The molecule has 0 aromatic heterocycles. The Morgan fingerprint density at radius 2 is 1.61 bits per heavy atom. The summed E-state index contributed by atoms with van der Waals surface area (Å²) in [6.07, 6.45) is -2.28. The Hall–Kier alpha value is -2.03. The summed E-state index contributed by atoms with van der Waals surface area (Å²) >= 11 is 1.85. The highest BCUT2D eigenvalue weighted by atomic mass is 127. The summed E-state index contributed by atoms with van der Waals surface area (Å²) in [5.41, 5.74) is -0.0656. The van der Waals surface area contributed by atoms with Gasteiger partial charge in [0.25, 0.3) is 0 Å². The number of carboxylic acids is 1. The third-order valence-corrected chi connectivity index (χ3v) is 3.96. The number of hydrogen-bond donors (Lipinski definition) is 0. The highest BCUT2D eigenvalue weighted by molar-refractivity contribution is 14.1. The van der Waals surface area contributed by atoms with Crippen molar-refractivity contribution in [3.05, 3.63) is 69.3 Å². The Bertz CT molecular complexity index is 719. The van der Waals surface area contributed by atoms with Gasteiger partial charge in [0.05, 0.1) is 5.56 Å². The van der Waals surface area contributed by atoms with Crippen molar-refractivity contribution in [2.75, 3.05) is 0 Å². The Morgan fingerprint density at radius 3 is 2.17 bits per heavy atom. The van der Waals surface area contributed by atoms with Gasteiger partial charge < -0.3 is 14.6 Å². The first-order valence-electron chi connectivity index (χ1n) is 6.43. The maximum absolute atomic E-state index is 13.9. The van der Waals surface area contributed by atoms with Crippen LogP contribution in [-0.4, -0.2) is 17.9 Å². The Kier molecular flexibility index (Phi) is 5.30. The molecule has 23 heavy (non-hydrogen) atoms. The zero-order valence-electron chi connectivity index (χ0n) is 11.5. The molecule has 0 saturated heterocycles. The molecule has 120 valence electrons. The second-order valence-corrected chi connectivity index (χ2v) is 5.75. The number of ether oxygens (including phenoxy) is 1. The number of alkyl halides is 2. The van der Waals surface area contributed by atoms with Crippen molar-refractivity contribution in [3.8, 4) is 0 Å². The van der Waals surface area contributed by atoms with Gasteiger partial charge in [-0.25, -0.2) is 4.79 Å². The first kappa shape index (κ1) is 17.3. The fourth-order valence-corrected chi connectivity index (χ4v) is 2.49. The minimum Gasteiger partial charge on any atom is -0.544 e. The summed E-state index contributed by atoms with van der Waals surface area (Å²) < 4.78 is 33.2. The normalized spacial score (nSPS) is 12.5. The van der Waals surface area contributed by atoms with Gasteiger partial charge in [0.1, 0.15) is 5.97 Å². The molecule has 0 N–H and O–H groups in total. The van der Waals surface area contributed by atoms with Gasteiger partial charge in [0.2, 0.25) is 0 Å². The molecule has 0 radical (unpaired) electrons. The molecule has 0 bridgehead atoms. The number of carbonyl (C=O) groups is 2. The number of rotatable bonds is 5. The van der Waals surface area contributed by atoms with Crippen LogP contribution >= 0.6 is 22.6 Å². The van der Waals surface area contributed by atoms with Crippen LogP contribution in [0.4, 0.5) is 8.78 Å². The zero-order valence-corrected chi connectivity index (χ0v) is 13.7. The lowest BCUT2D eigenvalue weighted by Crippen LogP contribution is -2.47. The highest BCUT2D eigenvalue weighted by Crippen LogP contribution is 2.35. The quantitative estimate of drug-likeness (QED) is 0.540. The molecular formula is C16H10F2IO4-. The summed E-state index contributed by atoms with van der Waals surface area (Å²) in [5.74, 6) is -8.01. The maximum Gasteiger partial charge on any atom is 0.340 e. The van der Waals surface area contributed by atoms with E-state index >= 15 is 0 Å². The third-order valence-electron chi connectivity index (χ3n) is 3.02. The molecule has 0 saturated carbocycles.